The van der Waals surface area contributed by atoms with Crippen molar-refractivity contribution in [1.29, 1.82) is 0 Å². The number of hydrogen-bond donors (Lipinski definition) is 0. The van der Waals surface area contributed by atoms with Crippen LogP contribution in [0, 0.1) is 5.82 Å². The number of likely N-dealkylation sites (N-methyl/N-ethyl adjacent to an activating group) is 1. The SMILES string of the molecule is CN(c1ccnc(C2CC2)n1)C1CCN(Cc2ccccc2F)C1. The highest BCUT2D eigenvalue weighted by Crippen LogP contribution is 2.38. The predicted molar refractivity (Wildman–Crippen MR) is 92.5 cm³/mol. The number of aromatic nitrogens is 2. The molecule has 4 nitrogen and oxygen atoms in total. The van der Waals surface area contributed by atoms with E-state index in [1.165, 1.54) is 18.9 Å². The van der Waals surface area contributed by atoms with E-state index >= 15 is 0 Å². The summed E-state index contributed by atoms with van der Waals surface area (Å²) in [5, 5.41) is 0. The minimum Gasteiger partial charge on any atom is -0.355 e. The fourth-order valence-corrected chi connectivity index (χ4v) is 3.42. The van der Waals surface area contributed by atoms with Crippen molar-refractivity contribution in [2.75, 3.05) is 25.0 Å². The second-order valence-electron chi connectivity index (χ2n) is 6.93. The van der Waals surface area contributed by atoms with E-state index in [0.29, 0.717) is 18.5 Å². The predicted octanol–water partition coefficient (Wildman–Crippen LogP) is 3.20. The maximum atomic E-state index is 13.8. The fourth-order valence-electron chi connectivity index (χ4n) is 3.42. The van der Waals surface area contributed by atoms with Crippen LogP contribution in [0.1, 0.15) is 36.6 Å². The van der Waals surface area contributed by atoms with Crippen LogP contribution in [0.5, 0.6) is 0 Å². The van der Waals surface area contributed by atoms with Crippen molar-refractivity contribution in [2.45, 2.75) is 37.8 Å². The summed E-state index contributed by atoms with van der Waals surface area (Å²) in [6.07, 6.45) is 5.38. The highest BCUT2D eigenvalue weighted by atomic mass is 19.1. The first kappa shape index (κ1) is 15.5. The first-order chi connectivity index (χ1) is 11.7. The molecule has 0 radical (unpaired) electrons. The van der Waals surface area contributed by atoms with Gasteiger partial charge in [0.15, 0.2) is 0 Å². The summed E-state index contributed by atoms with van der Waals surface area (Å²) in [4.78, 5) is 13.7. The first-order valence-electron chi connectivity index (χ1n) is 8.72. The van der Waals surface area contributed by atoms with Gasteiger partial charge in [-0.25, -0.2) is 14.4 Å². The minimum absolute atomic E-state index is 0.112. The zero-order valence-corrected chi connectivity index (χ0v) is 14.0. The molecule has 0 N–H and O–H groups in total. The van der Waals surface area contributed by atoms with Crippen molar-refractivity contribution in [2.24, 2.45) is 0 Å². The van der Waals surface area contributed by atoms with Crippen LogP contribution in [0.2, 0.25) is 0 Å². The fraction of sp³-hybridized carbons (Fsp3) is 0.474. The standard InChI is InChI=1S/C19H23FN4/c1-23(18-8-10-21-19(22-18)14-6-7-14)16-9-11-24(13-16)12-15-4-2-3-5-17(15)20/h2-5,8,10,14,16H,6-7,9,11-13H2,1H3. The Morgan fingerprint density at radius 3 is 2.83 bits per heavy atom. The average Bonchev–Trinajstić information content (AvgIpc) is 3.36. The molecule has 1 unspecified atom stereocenters. The zero-order valence-electron chi connectivity index (χ0n) is 14.0. The molecule has 2 aliphatic rings. The Hall–Kier alpha value is -2.01. The van der Waals surface area contributed by atoms with E-state index < -0.39 is 0 Å². The molecule has 2 fully saturated rings. The van der Waals surface area contributed by atoms with Crippen LogP contribution < -0.4 is 4.90 Å². The third kappa shape index (κ3) is 3.26. The minimum atomic E-state index is -0.112. The van der Waals surface area contributed by atoms with E-state index in [1.807, 2.05) is 24.4 Å². The molecule has 126 valence electrons. The number of halogens is 1. The van der Waals surface area contributed by atoms with Gasteiger partial charge in [0.25, 0.3) is 0 Å². The van der Waals surface area contributed by atoms with Crippen LogP contribution in [0.25, 0.3) is 0 Å². The summed E-state index contributed by atoms with van der Waals surface area (Å²) in [5.41, 5.74) is 0.777. The highest BCUT2D eigenvalue weighted by Gasteiger charge is 2.29. The van der Waals surface area contributed by atoms with Gasteiger partial charge in [0.2, 0.25) is 0 Å². The van der Waals surface area contributed by atoms with Gasteiger partial charge in [0.1, 0.15) is 17.5 Å². The molecule has 2 heterocycles. The van der Waals surface area contributed by atoms with Gasteiger partial charge in [-0.1, -0.05) is 18.2 Å². The molecule has 5 heteroatoms. The molecule has 1 aliphatic heterocycles. The molecular weight excluding hydrogens is 303 g/mol. The van der Waals surface area contributed by atoms with Gasteiger partial charge in [-0.2, -0.15) is 0 Å². The van der Waals surface area contributed by atoms with Crippen LogP contribution >= 0.6 is 0 Å². The molecule has 1 atom stereocenters. The Balaban J connectivity index is 1.41. The van der Waals surface area contributed by atoms with E-state index in [0.717, 1.165) is 36.7 Å². The molecule has 1 saturated carbocycles. The maximum absolute atomic E-state index is 13.8. The van der Waals surface area contributed by atoms with E-state index in [-0.39, 0.29) is 5.82 Å². The highest BCUT2D eigenvalue weighted by molar-refractivity contribution is 5.39. The Labute approximate surface area is 142 Å². The Kier molecular flexibility index (Phi) is 4.19. The van der Waals surface area contributed by atoms with Crippen molar-refractivity contribution in [3.05, 3.63) is 53.7 Å². The average molecular weight is 326 g/mol. The van der Waals surface area contributed by atoms with Crippen LogP contribution in [-0.2, 0) is 6.54 Å². The lowest BCUT2D eigenvalue weighted by atomic mass is 10.2. The molecule has 1 aliphatic carbocycles. The van der Waals surface area contributed by atoms with E-state index in [1.54, 1.807) is 6.07 Å². The molecule has 0 amide bonds. The van der Waals surface area contributed by atoms with E-state index in [9.17, 15) is 4.39 Å². The van der Waals surface area contributed by atoms with Crippen molar-refractivity contribution in [1.82, 2.24) is 14.9 Å². The Morgan fingerprint density at radius 2 is 2.04 bits per heavy atom. The molecule has 0 bridgehead atoms. The van der Waals surface area contributed by atoms with E-state index in [2.05, 4.69) is 21.8 Å². The summed E-state index contributed by atoms with van der Waals surface area (Å²) >= 11 is 0. The summed E-state index contributed by atoms with van der Waals surface area (Å²) < 4.78 is 13.8. The lowest BCUT2D eigenvalue weighted by Gasteiger charge is -2.26. The van der Waals surface area contributed by atoms with E-state index in [4.69, 9.17) is 4.98 Å². The molecule has 24 heavy (non-hydrogen) atoms. The summed E-state index contributed by atoms with van der Waals surface area (Å²) in [6.45, 7) is 2.60. The van der Waals surface area contributed by atoms with Gasteiger partial charge in [-0.15, -0.1) is 0 Å². The molecular formula is C19H23FN4. The first-order valence-corrected chi connectivity index (χ1v) is 8.72. The normalized spacial score (nSPS) is 21.2. The lowest BCUT2D eigenvalue weighted by Crippen LogP contribution is -2.35. The summed E-state index contributed by atoms with van der Waals surface area (Å²) in [6, 6.07) is 9.46. The molecule has 2 aromatic rings. The largest absolute Gasteiger partial charge is 0.355 e. The second kappa shape index (κ2) is 6.48. The Bertz CT molecular complexity index is 716. The Morgan fingerprint density at radius 1 is 1.21 bits per heavy atom. The number of anilines is 1. The topological polar surface area (TPSA) is 32.3 Å². The van der Waals surface area contributed by atoms with Gasteiger partial charge in [0.05, 0.1) is 0 Å². The van der Waals surface area contributed by atoms with Gasteiger partial charge >= 0.3 is 0 Å². The van der Waals surface area contributed by atoms with Gasteiger partial charge in [0, 0.05) is 50.4 Å². The summed E-state index contributed by atoms with van der Waals surface area (Å²) in [7, 11) is 2.11. The number of hydrogen-bond acceptors (Lipinski definition) is 4. The van der Waals surface area contributed by atoms with Crippen LogP contribution in [-0.4, -0.2) is 41.0 Å². The molecule has 1 aromatic carbocycles. The van der Waals surface area contributed by atoms with Gasteiger partial charge in [-0.3, -0.25) is 4.90 Å². The van der Waals surface area contributed by atoms with Crippen molar-refractivity contribution < 1.29 is 4.39 Å². The number of nitrogens with zero attached hydrogens (tertiary/aromatic N) is 4. The quantitative estimate of drug-likeness (QED) is 0.844. The van der Waals surface area contributed by atoms with Crippen molar-refractivity contribution >= 4 is 5.82 Å². The number of rotatable bonds is 5. The van der Waals surface area contributed by atoms with Crippen LogP contribution in [0.4, 0.5) is 10.2 Å². The molecule has 1 saturated heterocycles. The molecule has 4 rings (SSSR count). The number of likely N-dealkylation sites (tertiary alicyclic amines) is 1. The third-order valence-electron chi connectivity index (χ3n) is 5.11. The second-order valence-corrected chi connectivity index (χ2v) is 6.93. The molecule has 0 spiro atoms. The number of benzene rings is 1. The smallest absolute Gasteiger partial charge is 0.133 e. The summed E-state index contributed by atoms with van der Waals surface area (Å²) in [5.74, 6) is 2.45. The van der Waals surface area contributed by atoms with Crippen molar-refractivity contribution in [3.63, 3.8) is 0 Å². The lowest BCUT2D eigenvalue weighted by molar-refractivity contribution is 0.320. The third-order valence-corrected chi connectivity index (χ3v) is 5.11. The van der Waals surface area contributed by atoms with Gasteiger partial charge in [-0.05, 0) is 31.4 Å². The van der Waals surface area contributed by atoms with Crippen LogP contribution in [0.15, 0.2) is 36.5 Å². The molecule has 1 aromatic heterocycles. The zero-order chi connectivity index (χ0) is 16.5. The maximum Gasteiger partial charge on any atom is 0.133 e. The van der Waals surface area contributed by atoms with Crippen molar-refractivity contribution in [3.8, 4) is 0 Å². The van der Waals surface area contributed by atoms with Crippen LogP contribution in [0.3, 0.4) is 0 Å². The van der Waals surface area contributed by atoms with Gasteiger partial charge < -0.3 is 4.90 Å². The monoisotopic (exact) mass is 326 g/mol.